The van der Waals surface area contributed by atoms with Gasteiger partial charge in [0.15, 0.2) is 0 Å². The van der Waals surface area contributed by atoms with E-state index in [0.29, 0.717) is 11.1 Å². The molecule has 0 aliphatic carbocycles. The highest BCUT2D eigenvalue weighted by molar-refractivity contribution is 5.76. The lowest BCUT2D eigenvalue weighted by Crippen LogP contribution is -2.35. The van der Waals surface area contributed by atoms with E-state index in [4.69, 9.17) is 4.74 Å². The fourth-order valence-corrected chi connectivity index (χ4v) is 2.77. The molecule has 6 heteroatoms. The molecule has 6 nitrogen and oxygen atoms in total. The van der Waals surface area contributed by atoms with Gasteiger partial charge in [0.2, 0.25) is 0 Å². The molecule has 1 fully saturated rings. The molecule has 0 aromatic heterocycles. The molecule has 0 bridgehead atoms. The standard InChI is InChI=1S/C17H20N2O4/c1-17(2,3)23-16(22)19-9-13(14(10-19)15(20)21)12-7-5-4-6-11(12)8-18/h4-7,13-14H,9-10H2,1-3H3,(H,20,21)/t13-,14+/m1/s1. The van der Waals surface area contributed by atoms with E-state index in [9.17, 15) is 20.0 Å². The van der Waals surface area contributed by atoms with Crippen molar-refractivity contribution in [3.8, 4) is 6.07 Å². The minimum absolute atomic E-state index is 0.0781. The van der Waals surface area contributed by atoms with E-state index in [1.54, 1.807) is 45.0 Å². The summed E-state index contributed by atoms with van der Waals surface area (Å²) in [5.41, 5.74) is 0.460. The lowest BCUT2D eigenvalue weighted by Gasteiger charge is -2.24. The van der Waals surface area contributed by atoms with Gasteiger partial charge in [0.05, 0.1) is 17.6 Å². The van der Waals surface area contributed by atoms with Crippen LogP contribution in [0.1, 0.15) is 37.8 Å². The van der Waals surface area contributed by atoms with Gasteiger partial charge in [0, 0.05) is 19.0 Å². The Bertz CT molecular complexity index is 657. The molecule has 0 saturated carbocycles. The summed E-state index contributed by atoms with van der Waals surface area (Å²) in [6.07, 6.45) is -0.527. The molecule has 1 aromatic carbocycles. The van der Waals surface area contributed by atoms with Crippen LogP contribution in [0.3, 0.4) is 0 Å². The average molecular weight is 316 g/mol. The molecule has 2 rings (SSSR count). The van der Waals surface area contributed by atoms with Crippen LogP contribution in [0.15, 0.2) is 24.3 Å². The number of aliphatic carboxylic acids is 1. The highest BCUT2D eigenvalue weighted by Crippen LogP contribution is 2.35. The van der Waals surface area contributed by atoms with Crippen LogP contribution in [0.2, 0.25) is 0 Å². The maximum absolute atomic E-state index is 12.2. The van der Waals surface area contributed by atoms with Crippen molar-refractivity contribution in [1.82, 2.24) is 4.90 Å². The minimum atomic E-state index is -0.978. The summed E-state index contributed by atoms with van der Waals surface area (Å²) in [7, 11) is 0. The third-order valence-electron chi connectivity index (χ3n) is 3.77. The molecule has 1 N–H and O–H groups in total. The van der Waals surface area contributed by atoms with Crippen molar-refractivity contribution in [1.29, 1.82) is 5.26 Å². The fourth-order valence-electron chi connectivity index (χ4n) is 2.77. The Labute approximate surface area is 135 Å². The van der Waals surface area contributed by atoms with Crippen LogP contribution in [0.25, 0.3) is 0 Å². The van der Waals surface area contributed by atoms with E-state index in [0.717, 1.165) is 0 Å². The number of hydrogen-bond acceptors (Lipinski definition) is 4. The highest BCUT2D eigenvalue weighted by atomic mass is 16.6. The summed E-state index contributed by atoms with van der Waals surface area (Å²) >= 11 is 0. The molecule has 122 valence electrons. The molecule has 0 spiro atoms. The maximum Gasteiger partial charge on any atom is 0.410 e. The van der Waals surface area contributed by atoms with Crippen LogP contribution >= 0.6 is 0 Å². The number of nitriles is 1. The third kappa shape index (κ3) is 3.81. The Kier molecular flexibility index (Phi) is 4.60. The molecule has 1 aromatic rings. The summed E-state index contributed by atoms with van der Waals surface area (Å²) in [6, 6.07) is 9.00. The Hall–Kier alpha value is -2.55. The third-order valence-corrected chi connectivity index (χ3v) is 3.77. The van der Waals surface area contributed by atoms with Crippen molar-refractivity contribution in [2.45, 2.75) is 32.3 Å². The number of hydrogen-bond donors (Lipinski definition) is 1. The number of likely N-dealkylation sites (tertiary alicyclic amines) is 1. The zero-order valence-corrected chi connectivity index (χ0v) is 13.4. The molecular weight excluding hydrogens is 296 g/mol. The minimum Gasteiger partial charge on any atom is -0.481 e. The first-order valence-electron chi connectivity index (χ1n) is 7.42. The Morgan fingerprint density at radius 1 is 1.30 bits per heavy atom. The summed E-state index contributed by atoms with van der Waals surface area (Å²) in [5.74, 6) is -2.15. The van der Waals surface area contributed by atoms with E-state index in [1.807, 2.05) is 0 Å². The zero-order valence-electron chi connectivity index (χ0n) is 13.4. The molecule has 23 heavy (non-hydrogen) atoms. The Balaban J connectivity index is 2.28. The van der Waals surface area contributed by atoms with Crippen molar-refractivity contribution >= 4 is 12.1 Å². The number of ether oxygens (including phenoxy) is 1. The van der Waals surface area contributed by atoms with Crippen LogP contribution in [0.4, 0.5) is 4.79 Å². The molecule has 0 radical (unpaired) electrons. The van der Waals surface area contributed by atoms with E-state index >= 15 is 0 Å². The maximum atomic E-state index is 12.2. The van der Waals surface area contributed by atoms with Crippen LogP contribution in [-0.4, -0.2) is 40.8 Å². The number of carboxylic acids is 1. The van der Waals surface area contributed by atoms with Crippen LogP contribution < -0.4 is 0 Å². The molecule has 1 amide bonds. The number of rotatable bonds is 2. The van der Waals surface area contributed by atoms with Gasteiger partial charge in [-0.25, -0.2) is 4.79 Å². The zero-order chi connectivity index (χ0) is 17.2. The van der Waals surface area contributed by atoms with Gasteiger partial charge in [0.1, 0.15) is 5.60 Å². The Morgan fingerprint density at radius 2 is 1.96 bits per heavy atom. The molecule has 0 unspecified atom stereocenters. The van der Waals surface area contributed by atoms with Crippen LogP contribution in [0, 0.1) is 17.2 Å². The number of carbonyl (C=O) groups excluding carboxylic acids is 1. The topological polar surface area (TPSA) is 90.6 Å². The van der Waals surface area contributed by atoms with Crippen molar-refractivity contribution in [3.05, 3.63) is 35.4 Å². The van der Waals surface area contributed by atoms with Gasteiger partial charge in [-0.05, 0) is 32.4 Å². The van der Waals surface area contributed by atoms with Crippen molar-refractivity contribution < 1.29 is 19.4 Å². The van der Waals surface area contributed by atoms with Crippen molar-refractivity contribution in [3.63, 3.8) is 0 Å². The van der Waals surface area contributed by atoms with Gasteiger partial charge >= 0.3 is 12.1 Å². The van der Waals surface area contributed by atoms with E-state index < -0.39 is 29.5 Å². The van der Waals surface area contributed by atoms with Gasteiger partial charge in [-0.1, -0.05) is 18.2 Å². The molecule has 1 aliphatic heterocycles. The van der Waals surface area contributed by atoms with Gasteiger partial charge in [0.25, 0.3) is 0 Å². The number of amides is 1. The fraction of sp³-hybridized carbons (Fsp3) is 0.471. The predicted molar refractivity (Wildman–Crippen MR) is 82.8 cm³/mol. The molecule has 2 atom stereocenters. The quantitative estimate of drug-likeness (QED) is 0.905. The number of carboxylic acid groups (broad SMARTS) is 1. The van der Waals surface area contributed by atoms with Crippen LogP contribution in [-0.2, 0) is 9.53 Å². The normalized spacial score (nSPS) is 20.9. The second kappa shape index (κ2) is 6.29. The molecule has 1 aliphatic rings. The summed E-state index contributed by atoms with van der Waals surface area (Å²) < 4.78 is 5.32. The first-order chi connectivity index (χ1) is 10.7. The van der Waals surface area contributed by atoms with Gasteiger partial charge in [-0.15, -0.1) is 0 Å². The number of nitrogens with zero attached hydrogens (tertiary/aromatic N) is 2. The monoisotopic (exact) mass is 316 g/mol. The molecule has 1 saturated heterocycles. The lowest BCUT2D eigenvalue weighted by molar-refractivity contribution is -0.141. The summed E-state index contributed by atoms with van der Waals surface area (Å²) in [6.45, 7) is 5.59. The van der Waals surface area contributed by atoms with E-state index in [2.05, 4.69) is 6.07 Å². The van der Waals surface area contributed by atoms with Gasteiger partial charge < -0.3 is 14.7 Å². The predicted octanol–water partition coefficient (Wildman–Crippen LogP) is 2.59. The molecule has 1 heterocycles. The largest absolute Gasteiger partial charge is 0.481 e. The van der Waals surface area contributed by atoms with E-state index in [-0.39, 0.29) is 13.1 Å². The molecular formula is C17H20N2O4. The first-order valence-corrected chi connectivity index (χ1v) is 7.42. The van der Waals surface area contributed by atoms with Gasteiger partial charge in [-0.2, -0.15) is 5.26 Å². The van der Waals surface area contributed by atoms with E-state index in [1.165, 1.54) is 4.90 Å². The smallest absolute Gasteiger partial charge is 0.410 e. The second-order valence-corrected chi connectivity index (χ2v) is 6.64. The SMILES string of the molecule is CC(C)(C)OC(=O)N1C[C@H](C(=O)O)[C@@H](c2ccccc2C#N)C1. The summed E-state index contributed by atoms with van der Waals surface area (Å²) in [5, 5.41) is 18.7. The van der Waals surface area contributed by atoms with Crippen molar-refractivity contribution in [2.75, 3.05) is 13.1 Å². The van der Waals surface area contributed by atoms with Crippen molar-refractivity contribution in [2.24, 2.45) is 5.92 Å². The summed E-state index contributed by atoms with van der Waals surface area (Å²) in [4.78, 5) is 25.2. The second-order valence-electron chi connectivity index (χ2n) is 6.64. The number of benzene rings is 1. The Morgan fingerprint density at radius 3 is 2.52 bits per heavy atom. The first kappa shape index (κ1) is 16.8. The number of carbonyl (C=O) groups is 2. The average Bonchev–Trinajstić information content (AvgIpc) is 2.90. The van der Waals surface area contributed by atoms with Gasteiger partial charge in [-0.3, -0.25) is 4.79 Å². The highest BCUT2D eigenvalue weighted by Gasteiger charge is 2.42. The van der Waals surface area contributed by atoms with Crippen LogP contribution in [0.5, 0.6) is 0 Å². The lowest BCUT2D eigenvalue weighted by atomic mass is 9.86.